The Labute approximate surface area is 64.4 Å². The zero-order valence-corrected chi connectivity index (χ0v) is 6.64. The van der Waals surface area contributed by atoms with Crippen molar-refractivity contribution >= 4 is 10.1 Å². The molecule has 0 aromatic heterocycles. The lowest BCUT2D eigenvalue weighted by Crippen LogP contribution is -1.90. The lowest BCUT2D eigenvalue weighted by molar-refractivity contribution is 0.486. The number of rotatable bonds is 1. The van der Waals surface area contributed by atoms with Crippen molar-refractivity contribution in [2.24, 2.45) is 0 Å². The summed E-state index contributed by atoms with van der Waals surface area (Å²) < 4.78 is 29.7. The molecule has 0 saturated carbocycles. The monoisotopic (exact) mass is 170 g/mol. The van der Waals surface area contributed by atoms with Crippen LogP contribution in [-0.2, 0) is 10.1 Å². The fraction of sp³-hybridized carbons (Fsp3) is 0.143. The van der Waals surface area contributed by atoms with E-state index >= 15 is 0 Å². The standard InChI is InChI=1S/C7H6O3S/c1-4-2-5-6(3-4)7(5)11(8,9)10/h2-3H,1H3,(H,8,9,10). The predicted molar refractivity (Wildman–Crippen MR) is 40.0 cm³/mol. The largest absolute Gasteiger partial charge is 0.295 e. The Kier molecular flexibility index (Phi) is 1.02. The second kappa shape index (κ2) is 1.65. The van der Waals surface area contributed by atoms with E-state index in [4.69, 9.17) is 4.55 Å². The molecule has 0 bridgehead atoms. The predicted octanol–water partition coefficient (Wildman–Crippen LogP) is 1.22. The van der Waals surface area contributed by atoms with Crippen molar-refractivity contribution in [2.75, 3.05) is 0 Å². The van der Waals surface area contributed by atoms with Gasteiger partial charge in [0.05, 0.1) is 0 Å². The molecular weight excluding hydrogens is 164 g/mol. The summed E-state index contributed by atoms with van der Waals surface area (Å²) in [7, 11) is -3.95. The summed E-state index contributed by atoms with van der Waals surface area (Å²) >= 11 is 0. The zero-order chi connectivity index (χ0) is 8.22. The highest BCUT2D eigenvalue weighted by Gasteiger charge is 2.34. The van der Waals surface area contributed by atoms with Crippen LogP contribution in [0, 0.1) is 6.92 Å². The Morgan fingerprint density at radius 1 is 1.27 bits per heavy atom. The van der Waals surface area contributed by atoms with Crippen LogP contribution in [0.5, 0.6) is 0 Å². The van der Waals surface area contributed by atoms with Crippen molar-refractivity contribution in [1.29, 1.82) is 0 Å². The van der Waals surface area contributed by atoms with Crippen LogP contribution >= 0.6 is 0 Å². The molecule has 0 aromatic carbocycles. The van der Waals surface area contributed by atoms with Gasteiger partial charge < -0.3 is 0 Å². The molecule has 0 atom stereocenters. The minimum Gasteiger partial charge on any atom is -0.282 e. The van der Waals surface area contributed by atoms with E-state index < -0.39 is 10.1 Å². The zero-order valence-electron chi connectivity index (χ0n) is 5.83. The number of hydrogen-bond acceptors (Lipinski definition) is 2. The second-order valence-corrected chi connectivity index (χ2v) is 4.02. The van der Waals surface area contributed by atoms with Crippen molar-refractivity contribution in [1.82, 2.24) is 0 Å². The minimum absolute atomic E-state index is 0.100. The van der Waals surface area contributed by atoms with Crippen molar-refractivity contribution in [3.8, 4) is 11.1 Å². The highest BCUT2D eigenvalue weighted by molar-refractivity contribution is 7.86. The van der Waals surface area contributed by atoms with Crippen LogP contribution in [0.2, 0.25) is 0 Å². The van der Waals surface area contributed by atoms with Crippen LogP contribution in [0.4, 0.5) is 0 Å². The molecule has 11 heavy (non-hydrogen) atoms. The van der Waals surface area contributed by atoms with Crippen LogP contribution in [0.1, 0.15) is 5.56 Å². The number of hydrogen-bond donors (Lipinski definition) is 1. The first-order valence-corrected chi connectivity index (χ1v) is 4.56. The van der Waals surface area contributed by atoms with Gasteiger partial charge in [0.15, 0.2) is 0 Å². The van der Waals surface area contributed by atoms with Crippen LogP contribution < -0.4 is 0 Å². The molecule has 0 heterocycles. The van der Waals surface area contributed by atoms with Crippen molar-refractivity contribution in [3.63, 3.8) is 0 Å². The van der Waals surface area contributed by atoms with Crippen molar-refractivity contribution < 1.29 is 13.0 Å². The molecule has 0 fully saturated rings. The van der Waals surface area contributed by atoms with Crippen LogP contribution in [0.3, 0.4) is 0 Å². The molecule has 0 amide bonds. The lowest BCUT2D eigenvalue weighted by Gasteiger charge is -1.81. The lowest BCUT2D eigenvalue weighted by atomic mass is 10.4. The Morgan fingerprint density at radius 2 is 1.73 bits per heavy atom. The summed E-state index contributed by atoms with van der Waals surface area (Å²) in [6, 6.07) is 3.50. The fourth-order valence-corrected chi connectivity index (χ4v) is 2.10. The molecule has 0 aromatic rings. The molecule has 58 valence electrons. The first kappa shape index (κ1) is 6.82. The van der Waals surface area contributed by atoms with E-state index in [-0.39, 0.29) is 4.90 Å². The Morgan fingerprint density at radius 3 is 2.09 bits per heavy atom. The quantitative estimate of drug-likeness (QED) is 0.655. The summed E-state index contributed by atoms with van der Waals surface area (Å²) in [6.45, 7) is 1.88. The van der Waals surface area contributed by atoms with Crippen molar-refractivity contribution in [2.45, 2.75) is 11.8 Å². The maximum absolute atomic E-state index is 10.5. The number of fused-ring (bicyclic) bond motifs is 1. The molecule has 2 aliphatic rings. The van der Waals surface area contributed by atoms with E-state index in [0.29, 0.717) is 11.1 Å². The van der Waals surface area contributed by atoms with Crippen LogP contribution in [-0.4, -0.2) is 13.0 Å². The van der Waals surface area contributed by atoms with Gasteiger partial charge in [-0.2, -0.15) is 8.42 Å². The molecule has 0 unspecified atom stereocenters. The molecule has 0 spiro atoms. The van der Waals surface area contributed by atoms with Gasteiger partial charge in [-0.15, -0.1) is 0 Å². The molecular formula is C7H6O3S. The highest BCUT2D eigenvalue weighted by Crippen LogP contribution is 2.47. The number of aryl methyl sites for hydroxylation is 1. The molecule has 2 aliphatic carbocycles. The maximum Gasteiger partial charge on any atom is 0.295 e. The molecule has 1 N–H and O–H groups in total. The number of benzene rings is 1. The molecule has 0 aliphatic heterocycles. The Balaban J connectivity index is 2.60. The summed E-state index contributed by atoms with van der Waals surface area (Å²) in [5.41, 5.74) is 2.37. The van der Waals surface area contributed by atoms with Gasteiger partial charge in [-0.25, -0.2) is 0 Å². The van der Waals surface area contributed by atoms with E-state index in [1.54, 1.807) is 12.1 Å². The molecule has 0 saturated heterocycles. The average Bonchev–Trinajstić information content (AvgIpc) is 2.31. The van der Waals surface area contributed by atoms with Crippen LogP contribution in [0.25, 0.3) is 11.1 Å². The SMILES string of the molecule is Cc1cc2c(S(=O)(=O)O)c-2c1. The fourth-order valence-electron chi connectivity index (χ4n) is 1.26. The summed E-state index contributed by atoms with van der Waals surface area (Å²) in [5, 5.41) is 0. The third-order valence-electron chi connectivity index (χ3n) is 1.72. The average molecular weight is 170 g/mol. The molecule has 3 nitrogen and oxygen atoms in total. The van der Waals surface area contributed by atoms with Crippen molar-refractivity contribution in [3.05, 3.63) is 17.7 Å². The van der Waals surface area contributed by atoms with Gasteiger partial charge in [0.1, 0.15) is 4.90 Å². The van der Waals surface area contributed by atoms with E-state index in [0.717, 1.165) is 5.56 Å². The minimum atomic E-state index is -3.95. The third kappa shape index (κ3) is 0.868. The van der Waals surface area contributed by atoms with E-state index in [9.17, 15) is 8.42 Å². The molecule has 4 heteroatoms. The molecule has 2 rings (SSSR count). The highest BCUT2D eigenvalue weighted by atomic mass is 32.2. The van der Waals surface area contributed by atoms with E-state index in [1.807, 2.05) is 6.92 Å². The summed E-state index contributed by atoms with van der Waals surface area (Å²) in [5.74, 6) is 0. The summed E-state index contributed by atoms with van der Waals surface area (Å²) in [6.07, 6.45) is 0. The van der Waals surface area contributed by atoms with E-state index in [2.05, 4.69) is 0 Å². The van der Waals surface area contributed by atoms with Gasteiger partial charge in [0.2, 0.25) is 0 Å². The van der Waals surface area contributed by atoms with Crippen LogP contribution in [0.15, 0.2) is 17.0 Å². The van der Waals surface area contributed by atoms with Gasteiger partial charge in [0.25, 0.3) is 10.1 Å². The Hall–Kier alpha value is -0.870. The van der Waals surface area contributed by atoms with Gasteiger partial charge in [-0.1, -0.05) is 0 Å². The second-order valence-electron chi connectivity index (χ2n) is 2.66. The van der Waals surface area contributed by atoms with Gasteiger partial charge in [-0.05, 0) is 24.6 Å². The Bertz CT molecular complexity index is 408. The first-order chi connectivity index (χ1) is 5.00. The third-order valence-corrected chi connectivity index (χ3v) is 2.67. The topological polar surface area (TPSA) is 54.4 Å². The van der Waals surface area contributed by atoms with Gasteiger partial charge >= 0.3 is 0 Å². The molecule has 0 radical (unpaired) electrons. The smallest absolute Gasteiger partial charge is 0.282 e. The maximum atomic E-state index is 10.5. The van der Waals surface area contributed by atoms with Gasteiger partial charge in [0, 0.05) is 11.1 Å². The summed E-state index contributed by atoms with van der Waals surface area (Å²) in [4.78, 5) is 0.100. The normalized spacial score (nSPS) is 13.3. The van der Waals surface area contributed by atoms with Gasteiger partial charge in [-0.3, -0.25) is 4.55 Å². The van der Waals surface area contributed by atoms with E-state index in [1.165, 1.54) is 0 Å². The first-order valence-electron chi connectivity index (χ1n) is 3.12.